The quantitative estimate of drug-likeness (QED) is 0.245. The van der Waals surface area contributed by atoms with Gasteiger partial charge in [-0.3, -0.25) is 4.79 Å². The number of carbonyl (C=O) groups is 1. The molecule has 0 saturated heterocycles. The van der Waals surface area contributed by atoms with Crippen molar-refractivity contribution >= 4 is 28.3 Å². The van der Waals surface area contributed by atoms with Crippen LogP contribution in [-0.4, -0.2) is 37.0 Å². The van der Waals surface area contributed by atoms with Gasteiger partial charge < -0.3 is 19.2 Å². The smallest absolute Gasteiger partial charge is 0.491 e. The molecule has 0 spiro atoms. The molecule has 1 N–H and O–H groups in total. The van der Waals surface area contributed by atoms with Crippen LogP contribution in [0.5, 0.6) is 11.5 Å². The number of aromatic nitrogens is 1. The van der Waals surface area contributed by atoms with E-state index in [0.29, 0.717) is 52.6 Å². The number of benzene rings is 2. The lowest BCUT2D eigenvalue weighted by Crippen LogP contribution is -2.17. The summed E-state index contributed by atoms with van der Waals surface area (Å²) in [5.74, 6) is -0.192. The maximum atomic E-state index is 13.1. The zero-order chi connectivity index (χ0) is 24.0. The fourth-order valence-electron chi connectivity index (χ4n) is 3.44. The number of unbranched alkanes of at least 4 members (excludes halogenated alkanes) is 1. The van der Waals surface area contributed by atoms with E-state index in [9.17, 15) is 18.0 Å². The van der Waals surface area contributed by atoms with Crippen molar-refractivity contribution in [1.82, 2.24) is 4.98 Å². The van der Waals surface area contributed by atoms with Gasteiger partial charge in [-0.05, 0) is 43.2 Å². The second-order valence-corrected chi connectivity index (χ2v) is 8.02. The molecule has 2 aromatic carbocycles. The molecule has 3 aromatic rings. The summed E-state index contributed by atoms with van der Waals surface area (Å²) in [6.45, 7) is 5.08. The molecule has 0 bridgehead atoms. The second-order valence-electron chi connectivity index (χ2n) is 7.58. The number of halogens is 4. The number of nitrogens with one attached hydrogen (secondary N) is 1. The first-order valence-corrected chi connectivity index (χ1v) is 11.0. The molecule has 178 valence electrons. The Morgan fingerprint density at radius 2 is 1.91 bits per heavy atom. The van der Waals surface area contributed by atoms with Gasteiger partial charge in [-0.2, -0.15) is 0 Å². The molecule has 1 aromatic heterocycles. The molecule has 0 radical (unpaired) electrons. The van der Waals surface area contributed by atoms with Crippen LogP contribution in [0.15, 0.2) is 36.5 Å². The number of hydrogen-bond acceptors (Lipinski definition) is 4. The number of H-pyrrole nitrogens is 1. The number of aryl methyl sites for hydroxylation is 1. The van der Waals surface area contributed by atoms with Crippen LogP contribution in [0.25, 0.3) is 10.9 Å². The van der Waals surface area contributed by atoms with Crippen LogP contribution in [0.3, 0.4) is 0 Å². The molecule has 0 amide bonds. The summed E-state index contributed by atoms with van der Waals surface area (Å²) in [7, 11) is 0. The Labute approximate surface area is 194 Å². The highest BCUT2D eigenvalue weighted by Gasteiger charge is 2.31. The molecule has 0 unspecified atom stereocenters. The number of aromatic amines is 1. The van der Waals surface area contributed by atoms with Crippen molar-refractivity contribution in [2.45, 2.75) is 39.5 Å². The van der Waals surface area contributed by atoms with Gasteiger partial charge in [0, 0.05) is 46.3 Å². The number of rotatable bonds is 11. The highest BCUT2D eigenvalue weighted by molar-refractivity contribution is 6.30. The Morgan fingerprint density at radius 3 is 2.64 bits per heavy atom. The van der Waals surface area contributed by atoms with E-state index in [4.69, 9.17) is 21.1 Å². The van der Waals surface area contributed by atoms with E-state index >= 15 is 0 Å². The Hall–Kier alpha value is -2.71. The number of alkyl halides is 3. The molecular formula is C24H25ClF3NO4. The Morgan fingerprint density at radius 1 is 1.12 bits per heavy atom. The van der Waals surface area contributed by atoms with E-state index in [1.165, 1.54) is 18.3 Å². The molecule has 9 heteroatoms. The van der Waals surface area contributed by atoms with Crippen LogP contribution in [0.1, 0.15) is 41.3 Å². The lowest BCUT2D eigenvalue weighted by atomic mass is 10.0. The van der Waals surface area contributed by atoms with Gasteiger partial charge >= 0.3 is 6.36 Å². The Kier molecular flexibility index (Phi) is 8.26. The van der Waals surface area contributed by atoms with Crippen LogP contribution in [0, 0.1) is 6.92 Å². The predicted molar refractivity (Wildman–Crippen MR) is 120 cm³/mol. The molecular weight excluding hydrogens is 459 g/mol. The van der Waals surface area contributed by atoms with Gasteiger partial charge in [0.05, 0.1) is 6.61 Å². The zero-order valence-electron chi connectivity index (χ0n) is 18.4. The fourth-order valence-corrected chi connectivity index (χ4v) is 3.60. The normalized spacial score (nSPS) is 11.7. The zero-order valence-corrected chi connectivity index (χ0v) is 19.1. The molecule has 0 aliphatic heterocycles. The minimum absolute atomic E-state index is 0.0143. The third-order valence-corrected chi connectivity index (χ3v) is 5.24. The molecule has 0 saturated carbocycles. The number of fused-ring (bicyclic) bond motifs is 1. The van der Waals surface area contributed by atoms with Gasteiger partial charge in [-0.1, -0.05) is 31.0 Å². The summed E-state index contributed by atoms with van der Waals surface area (Å²) in [4.78, 5) is 16.1. The molecule has 0 fully saturated rings. The van der Waals surface area contributed by atoms with Gasteiger partial charge in [-0.25, -0.2) is 0 Å². The van der Waals surface area contributed by atoms with Crippen molar-refractivity contribution in [3.63, 3.8) is 0 Å². The lowest BCUT2D eigenvalue weighted by Gasteiger charge is -2.12. The average Bonchev–Trinajstić information content (AvgIpc) is 3.15. The van der Waals surface area contributed by atoms with Gasteiger partial charge in [0.1, 0.15) is 18.1 Å². The van der Waals surface area contributed by atoms with Crippen LogP contribution >= 0.6 is 11.6 Å². The maximum Gasteiger partial charge on any atom is 0.573 e. The number of carbonyl (C=O) groups excluding carboxylic acids is 1. The van der Waals surface area contributed by atoms with Crippen molar-refractivity contribution in [3.8, 4) is 11.5 Å². The van der Waals surface area contributed by atoms with E-state index in [1.807, 2.05) is 0 Å². The molecule has 5 nitrogen and oxygen atoms in total. The van der Waals surface area contributed by atoms with Gasteiger partial charge in [0.15, 0.2) is 5.78 Å². The first-order valence-electron chi connectivity index (χ1n) is 10.6. The van der Waals surface area contributed by atoms with Crippen molar-refractivity contribution in [2.75, 3.05) is 19.8 Å². The fraction of sp³-hybridized carbons (Fsp3) is 0.375. The van der Waals surface area contributed by atoms with Crippen molar-refractivity contribution in [1.29, 1.82) is 0 Å². The van der Waals surface area contributed by atoms with Crippen LogP contribution < -0.4 is 9.47 Å². The molecule has 0 aliphatic rings. The minimum Gasteiger partial charge on any atom is -0.491 e. The van der Waals surface area contributed by atoms with Crippen LogP contribution in [-0.2, 0) is 11.2 Å². The van der Waals surface area contributed by atoms with Gasteiger partial charge in [-0.15, -0.1) is 13.2 Å². The number of ether oxygens (including phenoxy) is 3. The molecule has 1 heterocycles. The summed E-state index contributed by atoms with van der Waals surface area (Å²) in [5, 5.41) is 0.824. The average molecular weight is 484 g/mol. The highest BCUT2D eigenvalue weighted by atomic mass is 35.5. The van der Waals surface area contributed by atoms with Crippen molar-refractivity contribution < 1.29 is 32.2 Å². The minimum atomic E-state index is -4.82. The Balaban J connectivity index is 1.78. The van der Waals surface area contributed by atoms with Gasteiger partial charge in [0.2, 0.25) is 0 Å². The highest BCUT2D eigenvalue weighted by Crippen LogP contribution is 2.32. The van der Waals surface area contributed by atoms with Crippen LogP contribution in [0.2, 0.25) is 5.02 Å². The first kappa shape index (κ1) is 24.9. The SMILES string of the molecule is CCCCOCCOc1cc(Cl)ccc1CC(=O)c1c[nH]c2c(C)cc(OC(F)(F)F)cc12. The summed E-state index contributed by atoms with van der Waals surface area (Å²) < 4.78 is 53.4. The third kappa shape index (κ3) is 6.88. The molecule has 3 rings (SSSR count). The Bertz CT molecular complexity index is 1110. The summed E-state index contributed by atoms with van der Waals surface area (Å²) >= 11 is 6.09. The molecule has 0 atom stereocenters. The number of Topliss-reactive ketones (excluding diaryl/α,β-unsaturated/α-hetero) is 1. The number of ketones is 1. The van der Waals surface area contributed by atoms with Crippen molar-refractivity contribution in [2.24, 2.45) is 0 Å². The van der Waals surface area contributed by atoms with E-state index < -0.39 is 6.36 Å². The number of hydrogen-bond donors (Lipinski definition) is 1. The van der Waals surface area contributed by atoms with E-state index in [-0.39, 0.29) is 23.5 Å². The maximum absolute atomic E-state index is 13.1. The predicted octanol–water partition coefficient (Wildman–Crippen LogP) is 6.65. The summed E-state index contributed by atoms with van der Waals surface area (Å²) in [6.07, 6.45) is -1.33. The molecule has 33 heavy (non-hydrogen) atoms. The monoisotopic (exact) mass is 483 g/mol. The third-order valence-electron chi connectivity index (χ3n) is 5.00. The van der Waals surface area contributed by atoms with E-state index in [0.717, 1.165) is 12.8 Å². The van der Waals surface area contributed by atoms with Crippen LogP contribution in [0.4, 0.5) is 13.2 Å². The van der Waals surface area contributed by atoms with E-state index in [1.54, 1.807) is 25.1 Å². The topological polar surface area (TPSA) is 60.5 Å². The summed E-state index contributed by atoms with van der Waals surface area (Å²) in [6, 6.07) is 7.47. The molecule has 0 aliphatic carbocycles. The van der Waals surface area contributed by atoms with Crippen molar-refractivity contribution in [3.05, 3.63) is 58.2 Å². The standard InChI is InChI=1S/C24H25ClF3NO4/c1-3-4-7-31-8-9-32-22-12-17(25)6-5-16(22)11-21(30)20-14-29-23-15(2)10-18(13-19(20)23)33-24(26,27)28/h5-6,10,12-14,29H,3-4,7-9,11H2,1-2H3. The lowest BCUT2D eigenvalue weighted by molar-refractivity contribution is -0.274. The first-order chi connectivity index (χ1) is 15.7. The van der Waals surface area contributed by atoms with Gasteiger partial charge in [0.25, 0.3) is 0 Å². The second kappa shape index (κ2) is 10.9. The summed E-state index contributed by atoms with van der Waals surface area (Å²) in [5.41, 5.74) is 1.99. The largest absolute Gasteiger partial charge is 0.573 e. The van der Waals surface area contributed by atoms with E-state index in [2.05, 4.69) is 16.6 Å².